The van der Waals surface area contributed by atoms with Crippen molar-refractivity contribution >= 4 is 34.6 Å². The minimum absolute atomic E-state index is 0.00822. The summed E-state index contributed by atoms with van der Waals surface area (Å²) in [4.78, 5) is 35.6. The van der Waals surface area contributed by atoms with Gasteiger partial charge in [0, 0.05) is 19.0 Å². The molecule has 4 N–H and O–H groups in total. The van der Waals surface area contributed by atoms with E-state index < -0.39 is 84.6 Å². The SMILES string of the molecule is O=C(NC1CCC(C(F)(F)F)CC1)c1cc2[nH]c(Nc3cc(CNC(=O)C4CC4(F)F)ccc3C(F)(F)F)nc2nc1OCC(F)F. The number of ether oxygens (including phenoxy) is 1. The van der Waals surface area contributed by atoms with E-state index >= 15 is 0 Å². The first-order valence-electron chi connectivity index (χ1n) is 14.2. The van der Waals surface area contributed by atoms with E-state index in [4.69, 9.17) is 4.74 Å². The fourth-order valence-electron chi connectivity index (χ4n) is 5.22. The van der Waals surface area contributed by atoms with E-state index in [2.05, 4.69) is 30.9 Å². The van der Waals surface area contributed by atoms with Crippen molar-refractivity contribution in [1.29, 1.82) is 0 Å². The number of amides is 2. The van der Waals surface area contributed by atoms with E-state index in [0.29, 0.717) is 6.07 Å². The third-order valence-corrected chi connectivity index (χ3v) is 7.81. The Hall–Kier alpha value is -4.32. The van der Waals surface area contributed by atoms with Gasteiger partial charge in [-0.2, -0.15) is 36.3 Å². The van der Waals surface area contributed by atoms with Crippen molar-refractivity contribution in [3.05, 3.63) is 41.0 Å². The molecule has 2 saturated carbocycles. The van der Waals surface area contributed by atoms with Crippen LogP contribution in [0.1, 0.15) is 53.6 Å². The second-order valence-electron chi connectivity index (χ2n) is 11.3. The summed E-state index contributed by atoms with van der Waals surface area (Å²) in [6.45, 7) is -1.54. The average molecular weight is 685 g/mol. The number of alkyl halides is 10. The molecule has 1 aromatic carbocycles. The zero-order chi connectivity index (χ0) is 34.3. The molecule has 0 bridgehead atoms. The number of benzene rings is 1. The van der Waals surface area contributed by atoms with E-state index in [0.717, 1.165) is 18.2 Å². The van der Waals surface area contributed by atoms with Gasteiger partial charge in [-0.05, 0) is 49.4 Å². The fraction of sp³-hybridized carbons (Fsp3) is 0.500. The largest absolute Gasteiger partial charge is 0.471 e. The molecule has 47 heavy (non-hydrogen) atoms. The summed E-state index contributed by atoms with van der Waals surface area (Å²) < 4.78 is 138. The summed E-state index contributed by atoms with van der Waals surface area (Å²) in [5.74, 6) is -8.92. The maximum atomic E-state index is 13.8. The quantitative estimate of drug-likeness (QED) is 0.182. The Labute approximate surface area is 258 Å². The summed E-state index contributed by atoms with van der Waals surface area (Å²) in [6.07, 6.45) is -13.3. The van der Waals surface area contributed by atoms with Crippen molar-refractivity contribution in [2.75, 3.05) is 11.9 Å². The van der Waals surface area contributed by atoms with Gasteiger partial charge in [0.25, 0.3) is 18.3 Å². The van der Waals surface area contributed by atoms with Crippen molar-refractivity contribution in [3.8, 4) is 5.88 Å². The standard InChI is InChI=1S/C28H26F10N6O3/c29-20(30)11-47-24-15(22(45)40-14-4-2-13(3-5-14)27(33,34)35)8-19-21(43-24)44-25(42-19)41-18-7-12(1-6-16(18)28(36,37)38)10-39-23(46)17-9-26(17,31)32/h1,6-8,13-14,17,20H,2-5,9-11H2,(H,39,46)(H,40,45)(H2,41,42,43,44). The Morgan fingerprint density at radius 3 is 2.30 bits per heavy atom. The van der Waals surface area contributed by atoms with Crippen LogP contribution in [-0.4, -0.2) is 57.9 Å². The van der Waals surface area contributed by atoms with E-state index in [1.807, 2.05) is 0 Å². The molecule has 256 valence electrons. The third-order valence-electron chi connectivity index (χ3n) is 7.81. The number of anilines is 2. The van der Waals surface area contributed by atoms with Crippen LogP contribution >= 0.6 is 0 Å². The summed E-state index contributed by atoms with van der Waals surface area (Å²) in [5, 5.41) is 7.24. The Bertz CT molecular complexity index is 1630. The van der Waals surface area contributed by atoms with Crippen LogP contribution in [0.15, 0.2) is 24.3 Å². The summed E-state index contributed by atoms with van der Waals surface area (Å²) in [5.41, 5.74) is -2.25. The Kier molecular flexibility index (Phi) is 9.20. The Morgan fingerprint density at radius 2 is 1.70 bits per heavy atom. The molecule has 2 amide bonds. The van der Waals surface area contributed by atoms with E-state index in [-0.39, 0.29) is 60.5 Å². The van der Waals surface area contributed by atoms with Gasteiger partial charge in [0.15, 0.2) is 12.3 Å². The third kappa shape index (κ3) is 8.16. The molecule has 2 aromatic heterocycles. The van der Waals surface area contributed by atoms with Gasteiger partial charge < -0.3 is 25.7 Å². The first-order chi connectivity index (χ1) is 21.9. The van der Waals surface area contributed by atoms with Gasteiger partial charge in [-0.15, -0.1) is 0 Å². The molecule has 0 spiro atoms. The molecule has 9 nitrogen and oxygen atoms in total. The van der Waals surface area contributed by atoms with Crippen molar-refractivity contribution < 1.29 is 58.2 Å². The number of carbonyl (C=O) groups excluding carboxylic acids is 2. The Balaban J connectivity index is 1.37. The van der Waals surface area contributed by atoms with Crippen LogP contribution in [0.25, 0.3) is 11.2 Å². The van der Waals surface area contributed by atoms with Gasteiger partial charge in [-0.3, -0.25) is 9.59 Å². The highest BCUT2D eigenvalue weighted by Crippen LogP contribution is 2.48. The number of nitrogens with zero attached hydrogens (tertiary/aromatic N) is 2. The molecule has 1 unspecified atom stereocenters. The predicted octanol–water partition coefficient (Wildman–Crippen LogP) is 6.49. The van der Waals surface area contributed by atoms with Gasteiger partial charge in [0.2, 0.25) is 17.7 Å². The summed E-state index contributed by atoms with van der Waals surface area (Å²) in [7, 11) is 0. The second-order valence-corrected chi connectivity index (χ2v) is 11.3. The second kappa shape index (κ2) is 12.7. The molecule has 0 saturated heterocycles. The van der Waals surface area contributed by atoms with Gasteiger partial charge in [-0.25, -0.2) is 17.6 Å². The first kappa shape index (κ1) is 34.0. The number of carbonyl (C=O) groups is 2. The Morgan fingerprint density at radius 1 is 1.02 bits per heavy atom. The smallest absolute Gasteiger partial charge is 0.418 e. The van der Waals surface area contributed by atoms with Crippen LogP contribution in [0, 0.1) is 11.8 Å². The van der Waals surface area contributed by atoms with Crippen LogP contribution in [0.3, 0.4) is 0 Å². The van der Waals surface area contributed by atoms with Gasteiger partial charge in [-0.1, -0.05) is 6.07 Å². The van der Waals surface area contributed by atoms with Crippen LogP contribution in [0.4, 0.5) is 55.5 Å². The van der Waals surface area contributed by atoms with E-state index in [9.17, 15) is 53.5 Å². The molecule has 3 aromatic rings. The molecule has 5 rings (SSSR count). The first-order valence-corrected chi connectivity index (χ1v) is 14.2. The number of pyridine rings is 1. The van der Waals surface area contributed by atoms with Gasteiger partial charge >= 0.3 is 12.4 Å². The van der Waals surface area contributed by atoms with Gasteiger partial charge in [0.1, 0.15) is 11.5 Å². The van der Waals surface area contributed by atoms with E-state index in [1.165, 1.54) is 0 Å². The molecule has 2 heterocycles. The number of fused-ring (bicyclic) bond motifs is 1. The molecule has 2 aliphatic carbocycles. The van der Waals surface area contributed by atoms with Gasteiger partial charge in [0.05, 0.1) is 22.7 Å². The number of H-pyrrole nitrogens is 1. The fourth-order valence-corrected chi connectivity index (χ4v) is 5.22. The molecule has 0 aliphatic heterocycles. The molecule has 2 aliphatic rings. The maximum absolute atomic E-state index is 13.8. The number of imidazole rings is 1. The van der Waals surface area contributed by atoms with E-state index in [1.54, 1.807) is 0 Å². The predicted molar refractivity (Wildman–Crippen MR) is 144 cm³/mol. The number of hydrogen-bond donors (Lipinski definition) is 4. The lowest BCUT2D eigenvalue weighted by Crippen LogP contribution is -2.40. The zero-order valence-corrected chi connectivity index (χ0v) is 24.0. The number of aromatic amines is 1. The number of halogens is 10. The minimum atomic E-state index is -4.87. The molecular formula is C28H26F10N6O3. The number of aromatic nitrogens is 3. The average Bonchev–Trinajstić information content (AvgIpc) is 3.44. The van der Waals surface area contributed by atoms with Crippen molar-refractivity contribution in [2.45, 2.75) is 69.4 Å². The maximum Gasteiger partial charge on any atom is 0.418 e. The van der Waals surface area contributed by atoms with Crippen LogP contribution in [0.5, 0.6) is 5.88 Å². The monoisotopic (exact) mass is 684 g/mol. The van der Waals surface area contributed by atoms with Crippen LogP contribution < -0.4 is 20.7 Å². The normalized spacial score (nSPS) is 21.0. The molecule has 2 fully saturated rings. The molecular weight excluding hydrogens is 658 g/mol. The lowest BCUT2D eigenvalue weighted by molar-refractivity contribution is -0.182. The number of rotatable bonds is 10. The summed E-state index contributed by atoms with van der Waals surface area (Å²) >= 11 is 0. The minimum Gasteiger partial charge on any atom is -0.471 e. The molecule has 0 radical (unpaired) electrons. The van der Waals surface area contributed by atoms with Crippen LogP contribution in [0.2, 0.25) is 0 Å². The zero-order valence-electron chi connectivity index (χ0n) is 24.0. The summed E-state index contributed by atoms with van der Waals surface area (Å²) in [6, 6.07) is 3.21. The highest BCUT2D eigenvalue weighted by Gasteiger charge is 2.61. The lowest BCUT2D eigenvalue weighted by atomic mass is 9.85. The topological polar surface area (TPSA) is 121 Å². The number of hydrogen-bond acceptors (Lipinski definition) is 6. The highest BCUT2D eigenvalue weighted by molar-refractivity contribution is 5.99. The highest BCUT2D eigenvalue weighted by atomic mass is 19.4. The van der Waals surface area contributed by atoms with Crippen LogP contribution in [-0.2, 0) is 17.5 Å². The molecule has 1 atom stereocenters. The van der Waals surface area contributed by atoms with Crippen molar-refractivity contribution in [1.82, 2.24) is 25.6 Å². The number of nitrogens with one attached hydrogen (secondary N) is 4. The lowest BCUT2D eigenvalue weighted by Gasteiger charge is -2.30. The van der Waals surface area contributed by atoms with Crippen molar-refractivity contribution in [2.24, 2.45) is 11.8 Å². The molecule has 19 heteroatoms. The van der Waals surface area contributed by atoms with Crippen molar-refractivity contribution in [3.63, 3.8) is 0 Å².